The quantitative estimate of drug-likeness (QED) is 0.836. The highest BCUT2D eigenvalue weighted by atomic mass is 16.4. The summed E-state index contributed by atoms with van der Waals surface area (Å²) in [5.41, 5.74) is 1.38. The smallest absolute Gasteiger partial charge is 0.310 e. The molecule has 4 heteroatoms. The summed E-state index contributed by atoms with van der Waals surface area (Å²) < 4.78 is 0. The van der Waals surface area contributed by atoms with Gasteiger partial charge in [0.25, 0.3) is 0 Å². The van der Waals surface area contributed by atoms with Crippen molar-refractivity contribution in [3.05, 3.63) is 29.8 Å². The van der Waals surface area contributed by atoms with Gasteiger partial charge >= 0.3 is 5.97 Å². The Labute approximate surface area is 119 Å². The summed E-state index contributed by atoms with van der Waals surface area (Å²) in [7, 11) is 0. The number of carbonyl (C=O) groups is 2. The van der Waals surface area contributed by atoms with Crippen LogP contribution in [0.2, 0.25) is 0 Å². The fourth-order valence-corrected chi connectivity index (χ4v) is 2.37. The average molecular weight is 275 g/mol. The Balaban J connectivity index is 1.89. The zero-order chi connectivity index (χ0) is 14.5. The molecule has 2 N–H and O–H groups in total. The molecule has 0 bridgehead atoms. The van der Waals surface area contributed by atoms with Crippen LogP contribution in [0.15, 0.2) is 24.3 Å². The molecule has 20 heavy (non-hydrogen) atoms. The third-order valence-corrected chi connectivity index (χ3v) is 4.05. The molecule has 0 saturated heterocycles. The van der Waals surface area contributed by atoms with Crippen molar-refractivity contribution in [1.29, 1.82) is 0 Å². The van der Waals surface area contributed by atoms with Crippen molar-refractivity contribution < 1.29 is 14.7 Å². The lowest BCUT2D eigenvalue weighted by Gasteiger charge is -2.24. The lowest BCUT2D eigenvalue weighted by atomic mass is 9.82. The van der Waals surface area contributed by atoms with Gasteiger partial charge in [-0.2, -0.15) is 0 Å². The minimum Gasteiger partial charge on any atom is -0.481 e. The highest BCUT2D eigenvalue weighted by Gasteiger charge is 2.18. The third-order valence-electron chi connectivity index (χ3n) is 4.05. The van der Waals surface area contributed by atoms with E-state index < -0.39 is 11.9 Å². The first-order chi connectivity index (χ1) is 9.56. The molecule has 1 atom stereocenters. The summed E-state index contributed by atoms with van der Waals surface area (Å²) in [6, 6.07) is 7.07. The van der Waals surface area contributed by atoms with E-state index in [-0.39, 0.29) is 5.91 Å². The van der Waals surface area contributed by atoms with Gasteiger partial charge in [0.15, 0.2) is 0 Å². The molecule has 0 aliphatic heterocycles. The number of carboxylic acid groups (broad SMARTS) is 1. The molecule has 0 radical (unpaired) electrons. The van der Waals surface area contributed by atoms with Crippen LogP contribution in [0.25, 0.3) is 0 Å². The monoisotopic (exact) mass is 275 g/mol. The topological polar surface area (TPSA) is 66.4 Å². The second kappa shape index (κ2) is 6.55. The van der Waals surface area contributed by atoms with E-state index in [2.05, 4.69) is 5.32 Å². The molecule has 1 aromatic rings. The highest BCUT2D eigenvalue weighted by molar-refractivity contribution is 5.91. The van der Waals surface area contributed by atoms with Gasteiger partial charge in [-0.05, 0) is 37.0 Å². The molecule has 1 amide bonds. The highest BCUT2D eigenvalue weighted by Crippen LogP contribution is 2.30. The summed E-state index contributed by atoms with van der Waals surface area (Å²) in [5, 5.41) is 11.8. The third kappa shape index (κ3) is 3.83. The number of carboxylic acids is 1. The first-order valence-corrected chi connectivity index (χ1v) is 7.19. The number of rotatable bonds is 6. The van der Waals surface area contributed by atoms with Crippen molar-refractivity contribution >= 4 is 17.6 Å². The van der Waals surface area contributed by atoms with Gasteiger partial charge < -0.3 is 10.4 Å². The molecule has 1 saturated carbocycles. The van der Waals surface area contributed by atoms with Gasteiger partial charge in [-0.15, -0.1) is 0 Å². The van der Waals surface area contributed by atoms with Crippen LogP contribution in [-0.2, 0) is 9.59 Å². The van der Waals surface area contributed by atoms with E-state index in [0.717, 1.165) is 12.3 Å². The fraction of sp³-hybridized carbons (Fsp3) is 0.500. The maximum atomic E-state index is 11.8. The van der Waals surface area contributed by atoms with Gasteiger partial charge in [0.1, 0.15) is 0 Å². The molecule has 1 aromatic carbocycles. The molecular formula is C16H21NO3. The van der Waals surface area contributed by atoms with Crippen LogP contribution in [-0.4, -0.2) is 17.0 Å². The van der Waals surface area contributed by atoms with Crippen molar-refractivity contribution in [2.75, 3.05) is 5.32 Å². The molecule has 108 valence electrons. The van der Waals surface area contributed by atoms with Crippen molar-refractivity contribution in [3.8, 4) is 0 Å². The van der Waals surface area contributed by atoms with Crippen LogP contribution in [0, 0.1) is 5.92 Å². The second-order valence-electron chi connectivity index (χ2n) is 5.57. The largest absolute Gasteiger partial charge is 0.481 e. The minimum absolute atomic E-state index is 0.0111. The number of anilines is 1. The molecule has 0 aromatic heterocycles. The molecule has 1 aliphatic rings. The molecule has 1 unspecified atom stereocenters. The summed E-state index contributed by atoms with van der Waals surface area (Å²) in [5.74, 6) is -0.698. The Morgan fingerprint density at radius 3 is 2.75 bits per heavy atom. The predicted molar refractivity (Wildman–Crippen MR) is 77.7 cm³/mol. The number of nitrogens with one attached hydrogen (secondary N) is 1. The van der Waals surface area contributed by atoms with Crippen LogP contribution >= 0.6 is 0 Å². The van der Waals surface area contributed by atoms with Gasteiger partial charge in [0.05, 0.1) is 5.92 Å². The van der Waals surface area contributed by atoms with E-state index in [1.165, 1.54) is 19.3 Å². The zero-order valence-electron chi connectivity index (χ0n) is 11.8. The Kier molecular flexibility index (Phi) is 4.77. The summed E-state index contributed by atoms with van der Waals surface area (Å²) in [6.45, 7) is 1.64. The van der Waals surface area contributed by atoms with Crippen LogP contribution in [0.3, 0.4) is 0 Å². The number of benzene rings is 1. The Hall–Kier alpha value is -1.84. The first-order valence-electron chi connectivity index (χ1n) is 7.19. The van der Waals surface area contributed by atoms with E-state index in [9.17, 15) is 9.59 Å². The van der Waals surface area contributed by atoms with Crippen LogP contribution in [0.4, 0.5) is 5.69 Å². The van der Waals surface area contributed by atoms with Crippen LogP contribution in [0.5, 0.6) is 0 Å². The van der Waals surface area contributed by atoms with Crippen molar-refractivity contribution in [2.24, 2.45) is 5.92 Å². The normalized spacial score (nSPS) is 16.2. The fourth-order valence-electron chi connectivity index (χ4n) is 2.37. The van der Waals surface area contributed by atoms with Gasteiger partial charge in [-0.25, -0.2) is 0 Å². The van der Waals surface area contributed by atoms with Gasteiger partial charge in [-0.3, -0.25) is 9.59 Å². The van der Waals surface area contributed by atoms with Crippen LogP contribution < -0.4 is 5.32 Å². The minimum atomic E-state index is -0.863. The Morgan fingerprint density at radius 2 is 2.15 bits per heavy atom. The number of carbonyl (C=O) groups excluding carboxylic acids is 1. The molecule has 0 heterocycles. The predicted octanol–water partition coefficient (Wildman–Crippen LogP) is 3.39. The molecule has 4 nitrogen and oxygen atoms in total. The lowest BCUT2D eigenvalue weighted by molar-refractivity contribution is -0.138. The maximum Gasteiger partial charge on any atom is 0.310 e. The molecule has 1 aliphatic carbocycles. The van der Waals surface area contributed by atoms with E-state index in [0.29, 0.717) is 17.7 Å². The average Bonchev–Trinajstić information content (AvgIpc) is 2.36. The molecule has 1 fully saturated rings. The standard InChI is InChI=1S/C16H21NO3/c1-11(16(19)20)13-6-3-7-14(10-13)17-15(18)9-8-12-4-2-5-12/h3,6-7,10-12H,2,4-5,8-9H2,1H3,(H,17,18)(H,19,20). The van der Waals surface area contributed by atoms with Gasteiger partial charge in [0.2, 0.25) is 5.91 Å². The summed E-state index contributed by atoms with van der Waals surface area (Å²) >= 11 is 0. The number of hydrogen-bond acceptors (Lipinski definition) is 2. The van der Waals surface area contributed by atoms with Gasteiger partial charge in [0, 0.05) is 12.1 Å². The van der Waals surface area contributed by atoms with Crippen molar-refractivity contribution in [2.45, 2.75) is 44.9 Å². The van der Waals surface area contributed by atoms with E-state index in [1.54, 1.807) is 31.2 Å². The second-order valence-corrected chi connectivity index (χ2v) is 5.57. The van der Waals surface area contributed by atoms with Crippen LogP contribution in [0.1, 0.15) is 50.5 Å². The summed E-state index contributed by atoms with van der Waals surface area (Å²) in [4.78, 5) is 22.8. The van der Waals surface area contributed by atoms with Crippen molar-refractivity contribution in [1.82, 2.24) is 0 Å². The SMILES string of the molecule is CC(C(=O)O)c1cccc(NC(=O)CCC2CCC2)c1. The van der Waals surface area contributed by atoms with E-state index in [1.807, 2.05) is 0 Å². The Morgan fingerprint density at radius 1 is 1.40 bits per heavy atom. The molecule has 2 rings (SSSR count). The van der Waals surface area contributed by atoms with Crippen molar-refractivity contribution in [3.63, 3.8) is 0 Å². The zero-order valence-corrected chi connectivity index (χ0v) is 11.8. The first kappa shape index (κ1) is 14.6. The van der Waals surface area contributed by atoms with E-state index >= 15 is 0 Å². The number of hydrogen-bond donors (Lipinski definition) is 2. The Bertz CT molecular complexity index is 494. The molecular weight excluding hydrogens is 254 g/mol. The van der Waals surface area contributed by atoms with Gasteiger partial charge in [-0.1, -0.05) is 31.4 Å². The maximum absolute atomic E-state index is 11.8. The molecule has 0 spiro atoms. The number of amides is 1. The summed E-state index contributed by atoms with van der Waals surface area (Å²) in [6.07, 6.45) is 5.29. The lowest BCUT2D eigenvalue weighted by Crippen LogP contribution is -2.17. The van der Waals surface area contributed by atoms with E-state index in [4.69, 9.17) is 5.11 Å². The number of aliphatic carboxylic acids is 1.